The highest BCUT2D eigenvalue weighted by Gasteiger charge is 2.46. The third-order valence-electron chi connectivity index (χ3n) is 4.96. The summed E-state index contributed by atoms with van der Waals surface area (Å²) in [7, 11) is 0. The maximum Gasteiger partial charge on any atom is 0.329 e. The van der Waals surface area contributed by atoms with Gasteiger partial charge in [-0.3, -0.25) is 9.59 Å². The molecule has 2 aromatic rings. The van der Waals surface area contributed by atoms with Gasteiger partial charge in [-0.15, -0.1) is 0 Å². The van der Waals surface area contributed by atoms with Crippen molar-refractivity contribution >= 4 is 22.6 Å². The largest absolute Gasteiger partial charge is 0.480 e. The Kier molecular flexibility index (Phi) is 4.56. The fourth-order valence-electron chi connectivity index (χ4n) is 3.50. The molecule has 0 bridgehead atoms. The van der Waals surface area contributed by atoms with Gasteiger partial charge in [0.05, 0.1) is 5.39 Å². The van der Waals surface area contributed by atoms with E-state index in [1.807, 2.05) is 13.8 Å². The minimum absolute atomic E-state index is 0.134. The number of rotatable bonds is 4. The Labute approximate surface area is 151 Å². The Morgan fingerprint density at radius 1 is 1.27 bits per heavy atom. The Hall–Kier alpha value is -2.70. The summed E-state index contributed by atoms with van der Waals surface area (Å²) in [5.41, 5.74) is -1.36. The van der Waals surface area contributed by atoms with E-state index in [0.717, 1.165) is 0 Å². The zero-order valence-corrected chi connectivity index (χ0v) is 15.2. The summed E-state index contributed by atoms with van der Waals surface area (Å²) in [5, 5.41) is 14.8. The Bertz CT molecular complexity index is 934. The van der Waals surface area contributed by atoms with Gasteiger partial charge in [0, 0.05) is 18.5 Å². The molecule has 1 saturated heterocycles. The lowest BCUT2D eigenvalue weighted by Gasteiger charge is -2.31. The molecular weight excluding hydrogens is 334 g/mol. The maximum absolute atomic E-state index is 13.2. The highest BCUT2D eigenvalue weighted by molar-refractivity contribution is 6.06. The third kappa shape index (κ3) is 2.87. The van der Waals surface area contributed by atoms with Crippen LogP contribution in [-0.4, -0.2) is 43.7 Å². The molecule has 0 aliphatic carbocycles. The summed E-state index contributed by atoms with van der Waals surface area (Å²) in [6, 6.07) is 6.85. The fourth-order valence-corrected chi connectivity index (χ4v) is 3.50. The number of nitrogens with zero attached hydrogens (tertiary/aromatic N) is 3. The standard InChI is InChI=1S/C19H23N3O4/c1-12(2)11-22-16(23)14-8-5-4-7-13(14)15(20-22)17(24)21-10-6-9-19(21,3)18(25)26/h4-5,7-8,12H,6,9-11H2,1-3H3,(H,25,26). The molecule has 1 unspecified atom stereocenters. The molecule has 1 amide bonds. The monoisotopic (exact) mass is 357 g/mol. The fraction of sp³-hybridized carbons (Fsp3) is 0.474. The average molecular weight is 357 g/mol. The van der Waals surface area contributed by atoms with Crippen LogP contribution < -0.4 is 5.56 Å². The molecular formula is C19H23N3O4. The van der Waals surface area contributed by atoms with Crippen LogP contribution in [0.1, 0.15) is 44.1 Å². The number of fused-ring (bicyclic) bond motifs is 1. The SMILES string of the molecule is CC(C)Cn1nc(C(=O)N2CCCC2(C)C(=O)O)c2ccccc2c1=O. The van der Waals surface area contributed by atoms with Crippen molar-refractivity contribution < 1.29 is 14.7 Å². The van der Waals surface area contributed by atoms with Gasteiger partial charge in [-0.1, -0.05) is 32.0 Å². The van der Waals surface area contributed by atoms with Crippen LogP contribution in [0.5, 0.6) is 0 Å². The van der Waals surface area contributed by atoms with Crippen molar-refractivity contribution in [3.63, 3.8) is 0 Å². The second kappa shape index (κ2) is 6.55. The van der Waals surface area contributed by atoms with Gasteiger partial charge in [0.15, 0.2) is 5.69 Å². The van der Waals surface area contributed by atoms with Crippen LogP contribution in [0.2, 0.25) is 0 Å². The molecule has 1 aliphatic heterocycles. The van der Waals surface area contributed by atoms with Gasteiger partial charge in [0.2, 0.25) is 0 Å². The number of benzene rings is 1. The Balaban J connectivity index is 2.18. The first-order chi connectivity index (χ1) is 12.3. The number of carboxylic acid groups (broad SMARTS) is 1. The predicted octanol–water partition coefficient (Wildman–Crippen LogP) is 2.13. The number of carboxylic acids is 1. The minimum Gasteiger partial charge on any atom is -0.480 e. The molecule has 7 nitrogen and oxygen atoms in total. The molecule has 2 heterocycles. The highest BCUT2D eigenvalue weighted by atomic mass is 16.4. The van der Waals surface area contributed by atoms with Crippen molar-refractivity contribution in [3.05, 3.63) is 40.3 Å². The maximum atomic E-state index is 13.2. The molecule has 26 heavy (non-hydrogen) atoms. The second-order valence-electron chi connectivity index (χ2n) is 7.41. The van der Waals surface area contributed by atoms with Crippen LogP contribution in [0.25, 0.3) is 10.8 Å². The van der Waals surface area contributed by atoms with Crippen molar-refractivity contribution in [2.45, 2.75) is 45.7 Å². The number of likely N-dealkylation sites (tertiary alicyclic amines) is 1. The number of carbonyl (C=O) groups is 2. The van der Waals surface area contributed by atoms with E-state index in [1.165, 1.54) is 9.58 Å². The van der Waals surface area contributed by atoms with Crippen molar-refractivity contribution in [1.29, 1.82) is 0 Å². The molecule has 0 spiro atoms. The van der Waals surface area contributed by atoms with Gasteiger partial charge in [0.25, 0.3) is 11.5 Å². The van der Waals surface area contributed by atoms with Crippen LogP contribution in [0.4, 0.5) is 0 Å². The van der Waals surface area contributed by atoms with Crippen LogP contribution in [0.3, 0.4) is 0 Å². The normalized spacial score (nSPS) is 20.1. The van der Waals surface area contributed by atoms with Crippen LogP contribution in [0, 0.1) is 5.92 Å². The molecule has 7 heteroatoms. The number of carbonyl (C=O) groups excluding carboxylic acids is 1. The van der Waals surface area contributed by atoms with Crippen molar-refractivity contribution in [2.75, 3.05) is 6.54 Å². The van der Waals surface area contributed by atoms with Crippen molar-refractivity contribution in [1.82, 2.24) is 14.7 Å². The summed E-state index contributed by atoms with van der Waals surface area (Å²) in [6.07, 6.45) is 1.02. The van der Waals surface area contributed by atoms with Gasteiger partial charge in [0.1, 0.15) is 5.54 Å². The lowest BCUT2D eigenvalue weighted by molar-refractivity contribution is -0.147. The van der Waals surface area contributed by atoms with Crippen molar-refractivity contribution in [2.24, 2.45) is 5.92 Å². The van der Waals surface area contributed by atoms with Crippen LogP contribution in [0.15, 0.2) is 29.1 Å². The summed E-state index contributed by atoms with van der Waals surface area (Å²) < 4.78 is 1.31. The lowest BCUT2D eigenvalue weighted by atomic mass is 9.98. The number of hydrogen-bond donors (Lipinski definition) is 1. The van der Waals surface area contributed by atoms with Gasteiger partial charge in [-0.05, 0) is 31.7 Å². The van der Waals surface area contributed by atoms with E-state index >= 15 is 0 Å². The van der Waals surface area contributed by atoms with E-state index in [2.05, 4.69) is 5.10 Å². The molecule has 3 rings (SSSR count). The zero-order valence-electron chi connectivity index (χ0n) is 15.2. The first kappa shape index (κ1) is 18.1. The summed E-state index contributed by atoms with van der Waals surface area (Å²) in [5.74, 6) is -1.29. The van der Waals surface area contributed by atoms with Gasteiger partial charge >= 0.3 is 5.97 Å². The van der Waals surface area contributed by atoms with E-state index in [0.29, 0.717) is 36.7 Å². The Morgan fingerprint density at radius 2 is 1.92 bits per heavy atom. The topological polar surface area (TPSA) is 92.5 Å². The molecule has 1 aliphatic rings. The molecule has 138 valence electrons. The number of amides is 1. The molecule has 0 saturated carbocycles. The first-order valence-corrected chi connectivity index (χ1v) is 8.81. The van der Waals surface area contributed by atoms with Crippen molar-refractivity contribution in [3.8, 4) is 0 Å². The summed E-state index contributed by atoms with van der Waals surface area (Å²) >= 11 is 0. The van der Waals surface area contributed by atoms with Crippen LogP contribution in [-0.2, 0) is 11.3 Å². The van der Waals surface area contributed by atoms with E-state index in [1.54, 1.807) is 31.2 Å². The highest BCUT2D eigenvalue weighted by Crippen LogP contribution is 2.31. The van der Waals surface area contributed by atoms with E-state index in [-0.39, 0.29) is 17.2 Å². The molecule has 1 N–H and O–H groups in total. The average Bonchev–Trinajstić information content (AvgIpc) is 3.00. The Morgan fingerprint density at radius 3 is 2.54 bits per heavy atom. The quantitative estimate of drug-likeness (QED) is 0.905. The molecule has 1 aromatic carbocycles. The summed E-state index contributed by atoms with van der Waals surface area (Å²) in [4.78, 5) is 39.0. The molecule has 1 atom stereocenters. The molecule has 1 aromatic heterocycles. The zero-order chi connectivity index (χ0) is 19.1. The van der Waals surface area contributed by atoms with E-state index < -0.39 is 17.4 Å². The molecule has 0 radical (unpaired) electrons. The van der Waals surface area contributed by atoms with Gasteiger partial charge < -0.3 is 10.0 Å². The lowest BCUT2D eigenvalue weighted by Crippen LogP contribution is -2.51. The number of aromatic nitrogens is 2. The predicted molar refractivity (Wildman–Crippen MR) is 97.2 cm³/mol. The number of aliphatic carboxylic acids is 1. The minimum atomic E-state index is -1.25. The van der Waals surface area contributed by atoms with Gasteiger partial charge in [-0.2, -0.15) is 5.10 Å². The van der Waals surface area contributed by atoms with E-state index in [4.69, 9.17) is 0 Å². The smallest absolute Gasteiger partial charge is 0.329 e. The van der Waals surface area contributed by atoms with E-state index in [9.17, 15) is 19.5 Å². The third-order valence-corrected chi connectivity index (χ3v) is 4.96. The second-order valence-corrected chi connectivity index (χ2v) is 7.41. The first-order valence-electron chi connectivity index (χ1n) is 8.81. The van der Waals surface area contributed by atoms with Crippen LogP contribution >= 0.6 is 0 Å². The number of hydrogen-bond acceptors (Lipinski definition) is 4. The van der Waals surface area contributed by atoms with Gasteiger partial charge in [-0.25, -0.2) is 9.48 Å². The molecule has 1 fully saturated rings. The summed E-state index contributed by atoms with van der Waals surface area (Å²) in [6.45, 7) is 6.24.